The van der Waals surface area contributed by atoms with Crippen LogP contribution in [0.2, 0.25) is 0 Å². The molecule has 0 aliphatic rings. The van der Waals surface area contributed by atoms with Gasteiger partial charge in [-0.15, -0.1) is 0 Å². The van der Waals surface area contributed by atoms with Gasteiger partial charge in [0.05, 0.1) is 11.9 Å². The van der Waals surface area contributed by atoms with Crippen LogP contribution in [0.25, 0.3) is 5.82 Å². The number of nitrogens with zero attached hydrogens (tertiary/aromatic N) is 3. The summed E-state index contributed by atoms with van der Waals surface area (Å²) in [5, 5.41) is 2.97. The summed E-state index contributed by atoms with van der Waals surface area (Å²) in [6, 6.07) is 0. The van der Waals surface area contributed by atoms with Gasteiger partial charge in [0.25, 0.3) is 5.56 Å². The Labute approximate surface area is 94.3 Å². The summed E-state index contributed by atoms with van der Waals surface area (Å²) in [6.45, 7) is 1.97. The lowest BCUT2D eigenvalue weighted by molar-refractivity contribution is 0.788. The Hall–Kier alpha value is -1.43. The highest BCUT2D eigenvalue weighted by Crippen LogP contribution is 2.11. The van der Waals surface area contributed by atoms with Crippen LogP contribution in [-0.2, 0) is 6.42 Å². The van der Waals surface area contributed by atoms with E-state index in [1.807, 2.05) is 6.92 Å². The third kappa shape index (κ3) is 1.72. The zero-order valence-electron chi connectivity index (χ0n) is 8.07. The first-order valence-electron chi connectivity index (χ1n) is 4.49. The molecule has 2 aromatic heterocycles. The lowest BCUT2D eigenvalue weighted by Crippen LogP contribution is -2.15. The first kappa shape index (κ1) is 10.1. The third-order valence-electron chi connectivity index (χ3n) is 2.03. The average molecular weight is 269 g/mol. The zero-order valence-corrected chi connectivity index (χ0v) is 9.65. The fourth-order valence-electron chi connectivity index (χ4n) is 1.26. The fraction of sp³-hybridized carbons (Fsp3) is 0.222. The normalized spacial score (nSPS) is 10.5. The fourth-order valence-corrected chi connectivity index (χ4v) is 1.81. The van der Waals surface area contributed by atoms with Gasteiger partial charge >= 0.3 is 0 Å². The van der Waals surface area contributed by atoms with Crippen molar-refractivity contribution in [1.29, 1.82) is 0 Å². The van der Waals surface area contributed by atoms with Crippen molar-refractivity contribution in [3.63, 3.8) is 0 Å². The third-order valence-corrected chi connectivity index (χ3v) is 2.85. The van der Waals surface area contributed by atoms with Crippen molar-refractivity contribution in [3.05, 3.63) is 39.1 Å². The van der Waals surface area contributed by atoms with Crippen LogP contribution in [-0.4, -0.2) is 19.7 Å². The number of hydrogen-bond acceptors (Lipinski definition) is 3. The summed E-state index contributed by atoms with van der Waals surface area (Å²) in [4.78, 5) is 19.7. The van der Waals surface area contributed by atoms with Crippen molar-refractivity contribution in [3.8, 4) is 5.82 Å². The molecule has 0 saturated heterocycles. The van der Waals surface area contributed by atoms with E-state index in [0.717, 1.165) is 12.1 Å². The molecule has 78 valence electrons. The van der Waals surface area contributed by atoms with E-state index in [1.54, 1.807) is 12.4 Å². The Morgan fingerprint density at radius 1 is 1.53 bits per heavy atom. The molecule has 0 aliphatic heterocycles. The van der Waals surface area contributed by atoms with E-state index < -0.39 is 0 Å². The molecule has 15 heavy (non-hydrogen) atoms. The van der Waals surface area contributed by atoms with Gasteiger partial charge in [0.2, 0.25) is 0 Å². The lowest BCUT2D eigenvalue weighted by atomic mass is 10.3. The maximum atomic E-state index is 11.8. The SMILES string of the molecule is CCc1[nH]n(-c2cnccn2)c(=O)c1Br. The minimum Gasteiger partial charge on any atom is -0.292 e. The summed E-state index contributed by atoms with van der Waals surface area (Å²) >= 11 is 3.25. The number of halogens is 1. The van der Waals surface area contributed by atoms with Crippen molar-refractivity contribution < 1.29 is 0 Å². The second-order valence-corrected chi connectivity index (χ2v) is 3.76. The summed E-state index contributed by atoms with van der Waals surface area (Å²) in [6.07, 6.45) is 5.39. The molecule has 1 N–H and O–H groups in total. The van der Waals surface area contributed by atoms with Gasteiger partial charge in [0.1, 0.15) is 4.47 Å². The largest absolute Gasteiger partial charge is 0.292 e. The molecule has 2 heterocycles. The summed E-state index contributed by atoms with van der Waals surface area (Å²) < 4.78 is 1.92. The van der Waals surface area contributed by atoms with E-state index >= 15 is 0 Å². The summed E-state index contributed by atoms with van der Waals surface area (Å²) in [5.41, 5.74) is 0.706. The van der Waals surface area contributed by atoms with Gasteiger partial charge in [-0.1, -0.05) is 6.92 Å². The zero-order chi connectivity index (χ0) is 10.8. The number of aromatic amines is 1. The number of aromatic nitrogens is 4. The molecule has 0 atom stereocenters. The minimum absolute atomic E-state index is 0.146. The number of hydrogen-bond donors (Lipinski definition) is 1. The number of aryl methyl sites for hydroxylation is 1. The second kappa shape index (κ2) is 3.98. The Kier molecular flexibility index (Phi) is 2.68. The van der Waals surface area contributed by atoms with E-state index in [1.165, 1.54) is 10.9 Å². The molecule has 0 spiro atoms. The molecule has 5 nitrogen and oxygen atoms in total. The number of nitrogens with one attached hydrogen (secondary N) is 1. The van der Waals surface area contributed by atoms with Gasteiger partial charge in [0.15, 0.2) is 5.82 Å². The molecular formula is C9H9BrN4O. The van der Waals surface area contributed by atoms with E-state index in [4.69, 9.17) is 0 Å². The monoisotopic (exact) mass is 268 g/mol. The van der Waals surface area contributed by atoms with Gasteiger partial charge < -0.3 is 0 Å². The van der Waals surface area contributed by atoms with E-state index in [9.17, 15) is 4.79 Å². The molecule has 0 aromatic carbocycles. The van der Waals surface area contributed by atoms with Gasteiger partial charge in [0, 0.05) is 12.4 Å². The van der Waals surface area contributed by atoms with E-state index in [-0.39, 0.29) is 5.56 Å². The van der Waals surface area contributed by atoms with Crippen molar-refractivity contribution in [2.75, 3.05) is 0 Å². The first-order valence-corrected chi connectivity index (χ1v) is 5.29. The molecule has 0 amide bonds. The van der Waals surface area contributed by atoms with Crippen molar-refractivity contribution in [1.82, 2.24) is 19.7 Å². The Balaban J connectivity index is 2.60. The highest BCUT2D eigenvalue weighted by Gasteiger charge is 2.11. The molecule has 2 rings (SSSR count). The molecule has 6 heteroatoms. The smallest absolute Gasteiger partial charge is 0.287 e. The van der Waals surface area contributed by atoms with Crippen LogP contribution in [0.5, 0.6) is 0 Å². The highest BCUT2D eigenvalue weighted by molar-refractivity contribution is 9.10. The van der Waals surface area contributed by atoms with Crippen LogP contribution in [0.3, 0.4) is 0 Å². The average Bonchev–Trinajstić information content (AvgIpc) is 2.57. The second-order valence-electron chi connectivity index (χ2n) is 2.96. The number of H-pyrrole nitrogens is 1. The van der Waals surface area contributed by atoms with Crippen LogP contribution in [0.1, 0.15) is 12.6 Å². The predicted molar refractivity (Wildman–Crippen MR) is 59.1 cm³/mol. The first-order chi connectivity index (χ1) is 7.24. The lowest BCUT2D eigenvalue weighted by Gasteiger charge is -1.97. The van der Waals surface area contributed by atoms with Gasteiger partial charge in [-0.25, -0.2) is 4.98 Å². The van der Waals surface area contributed by atoms with E-state index in [2.05, 4.69) is 31.0 Å². The van der Waals surface area contributed by atoms with E-state index in [0.29, 0.717) is 10.3 Å². The Morgan fingerprint density at radius 2 is 2.33 bits per heavy atom. The van der Waals surface area contributed by atoms with Crippen LogP contribution in [0.15, 0.2) is 27.9 Å². The standard InChI is InChI=1S/C9H9BrN4O/c1-2-6-8(10)9(15)14(13-6)7-5-11-3-4-12-7/h3-5,13H,2H2,1H3. The van der Waals surface area contributed by atoms with Crippen LogP contribution in [0, 0.1) is 0 Å². The highest BCUT2D eigenvalue weighted by atomic mass is 79.9. The molecule has 0 saturated carbocycles. The molecule has 0 radical (unpaired) electrons. The topological polar surface area (TPSA) is 63.6 Å². The molecule has 2 aromatic rings. The predicted octanol–water partition coefficient (Wildman–Crippen LogP) is 1.28. The summed E-state index contributed by atoms with van der Waals surface area (Å²) in [7, 11) is 0. The van der Waals surface area contributed by atoms with Crippen molar-refractivity contribution in [2.45, 2.75) is 13.3 Å². The minimum atomic E-state index is -0.146. The van der Waals surface area contributed by atoms with Gasteiger partial charge in [-0.05, 0) is 22.4 Å². The van der Waals surface area contributed by atoms with Crippen LogP contribution in [0.4, 0.5) is 0 Å². The molecule has 0 unspecified atom stereocenters. The molecule has 0 bridgehead atoms. The van der Waals surface area contributed by atoms with Gasteiger partial charge in [-0.3, -0.25) is 14.9 Å². The Bertz CT molecular complexity index is 517. The summed E-state index contributed by atoms with van der Waals surface area (Å²) in [5.74, 6) is 0.489. The van der Waals surface area contributed by atoms with Crippen molar-refractivity contribution in [2.24, 2.45) is 0 Å². The number of rotatable bonds is 2. The van der Waals surface area contributed by atoms with Crippen LogP contribution < -0.4 is 5.56 Å². The Morgan fingerprint density at radius 3 is 2.87 bits per heavy atom. The molecule has 0 aliphatic carbocycles. The maximum Gasteiger partial charge on any atom is 0.287 e. The quantitative estimate of drug-likeness (QED) is 0.893. The maximum absolute atomic E-state index is 11.8. The van der Waals surface area contributed by atoms with Crippen LogP contribution >= 0.6 is 15.9 Å². The molecular weight excluding hydrogens is 260 g/mol. The van der Waals surface area contributed by atoms with Gasteiger partial charge in [-0.2, -0.15) is 4.68 Å². The van der Waals surface area contributed by atoms with Crippen molar-refractivity contribution >= 4 is 15.9 Å². The molecule has 0 fully saturated rings.